The van der Waals surface area contributed by atoms with Crippen LogP contribution in [0, 0.1) is 5.92 Å². The maximum atomic E-state index is 13.9. The zero-order chi connectivity index (χ0) is 26.5. The number of rotatable bonds is 10. The van der Waals surface area contributed by atoms with Crippen LogP contribution in [0.4, 0.5) is 0 Å². The molecule has 2 N–H and O–H groups in total. The summed E-state index contributed by atoms with van der Waals surface area (Å²) in [5.74, 6) is 0.461. The third-order valence-electron chi connectivity index (χ3n) is 7.82. The minimum Gasteiger partial charge on any atom is -0.331 e. The summed E-state index contributed by atoms with van der Waals surface area (Å²) in [6, 6.07) is 15.5. The molecule has 1 unspecified atom stereocenters. The molecule has 0 saturated carbocycles. The number of aryl methyl sites for hydroxylation is 2. The highest BCUT2D eigenvalue weighted by atomic mass is 35.5. The molecule has 0 aliphatic carbocycles. The molecule has 200 valence electrons. The number of benzene rings is 2. The molecule has 0 bridgehead atoms. The van der Waals surface area contributed by atoms with Crippen LogP contribution < -0.4 is 5.73 Å². The standard InChI is InChI=1S/C30H39Cl2N3O2/c1-20(2)16-27(29(36)13-10-22-9-11-23(31)17-26(22)32)34-15-14-25(12-8-21-6-4-3-5-7-21)35-19-24(33)18-28(35)30(34)37/h3-7,9,11,17,20,24-25,27-28H,8,10,12-16,18-19,33H2,1-2H3/t24-,25?,27-,28+/m1/s1. The van der Waals surface area contributed by atoms with Gasteiger partial charge < -0.3 is 10.6 Å². The van der Waals surface area contributed by atoms with Gasteiger partial charge in [0.15, 0.2) is 5.78 Å². The number of nitrogens with two attached hydrogens (primary N) is 1. The summed E-state index contributed by atoms with van der Waals surface area (Å²) in [5.41, 5.74) is 8.59. The van der Waals surface area contributed by atoms with Crippen molar-refractivity contribution in [2.45, 2.75) is 83.0 Å². The Kier molecular flexibility index (Phi) is 9.68. The van der Waals surface area contributed by atoms with Gasteiger partial charge in [-0.1, -0.05) is 73.4 Å². The molecule has 2 aliphatic heterocycles. The van der Waals surface area contributed by atoms with Gasteiger partial charge in [0, 0.05) is 41.6 Å². The molecule has 1 amide bonds. The molecule has 2 fully saturated rings. The third kappa shape index (κ3) is 7.14. The van der Waals surface area contributed by atoms with Crippen molar-refractivity contribution in [3.05, 3.63) is 69.7 Å². The highest BCUT2D eigenvalue weighted by molar-refractivity contribution is 6.35. The van der Waals surface area contributed by atoms with Gasteiger partial charge in [-0.3, -0.25) is 14.5 Å². The van der Waals surface area contributed by atoms with E-state index < -0.39 is 6.04 Å². The quantitative estimate of drug-likeness (QED) is 0.426. The monoisotopic (exact) mass is 543 g/mol. The van der Waals surface area contributed by atoms with Crippen molar-refractivity contribution in [1.82, 2.24) is 9.80 Å². The molecule has 2 aliphatic rings. The van der Waals surface area contributed by atoms with Crippen LogP contribution in [0.2, 0.25) is 10.0 Å². The van der Waals surface area contributed by atoms with Crippen molar-refractivity contribution in [1.29, 1.82) is 0 Å². The molecule has 2 aromatic rings. The van der Waals surface area contributed by atoms with Crippen LogP contribution in [0.15, 0.2) is 48.5 Å². The lowest BCUT2D eigenvalue weighted by molar-refractivity contribution is -0.142. The molecule has 2 heterocycles. The van der Waals surface area contributed by atoms with E-state index in [1.165, 1.54) is 5.56 Å². The van der Waals surface area contributed by atoms with Crippen LogP contribution in [0.5, 0.6) is 0 Å². The van der Waals surface area contributed by atoms with E-state index in [2.05, 4.69) is 43.0 Å². The summed E-state index contributed by atoms with van der Waals surface area (Å²) in [6.07, 6.45) is 4.99. The van der Waals surface area contributed by atoms with Crippen LogP contribution in [-0.2, 0) is 22.4 Å². The van der Waals surface area contributed by atoms with Crippen LogP contribution in [-0.4, -0.2) is 58.7 Å². The predicted octanol–water partition coefficient (Wildman–Crippen LogP) is 5.55. The number of nitrogens with zero attached hydrogens (tertiary/aromatic N) is 2. The van der Waals surface area contributed by atoms with Gasteiger partial charge in [-0.2, -0.15) is 0 Å². The van der Waals surface area contributed by atoms with E-state index in [4.69, 9.17) is 28.9 Å². The fourth-order valence-corrected chi connectivity index (χ4v) is 6.42. The molecule has 0 radical (unpaired) electrons. The largest absolute Gasteiger partial charge is 0.331 e. The second-order valence-electron chi connectivity index (χ2n) is 11.1. The average Bonchev–Trinajstić information content (AvgIpc) is 3.20. The summed E-state index contributed by atoms with van der Waals surface area (Å²) < 4.78 is 0. The second-order valence-corrected chi connectivity index (χ2v) is 11.9. The van der Waals surface area contributed by atoms with Crippen molar-refractivity contribution >= 4 is 34.9 Å². The molecule has 7 heteroatoms. The fourth-order valence-electron chi connectivity index (χ4n) is 5.92. The summed E-state index contributed by atoms with van der Waals surface area (Å²) in [5, 5.41) is 1.15. The van der Waals surface area contributed by atoms with Crippen LogP contribution >= 0.6 is 23.2 Å². The highest BCUT2D eigenvalue weighted by Crippen LogP contribution is 2.31. The van der Waals surface area contributed by atoms with Gasteiger partial charge in [0.1, 0.15) is 0 Å². The number of carbonyl (C=O) groups is 2. The van der Waals surface area contributed by atoms with Gasteiger partial charge in [0.05, 0.1) is 12.1 Å². The van der Waals surface area contributed by atoms with Crippen LogP contribution in [0.3, 0.4) is 0 Å². The predicted molar refractivity (Wildman–Crippen MR) is 151 cm³/mol. The zero-order valence-corrected chi connectivity index (χ0v) is 23.4. The summed E-state index contributed by atoms with van der Waals surface area (Å²) in [4.78, 5) is 31.8. The molecular formula is C30H39Cl2N3O2. The Morgan fingerprint density at radius 1 is 1.11 bits per heavy atom. The zero-order valence-electron chi connectivity index (χ0n) is 21.9. The third-order valence-corrected chi connectivity index (χ3v) is 8.41. The smallest absolute Gasteiger partial charge is 0.240 e. The van der Waals surface area contributed by atoms with Crippen molar-refractivity contribution in [3.8, 4) is 0 Å². The van der Waals surface area contributed by atoms with Crippen molar-refractivity contribution in [3.63, 3.8) is 0 Å². The van der Waals surface area contributed by atoms with Crippen molar-refractivity contribution in [2.24, 2.45) is 11.7 Å². The van der Waals surface area contributed by atoms with Gasteiger partial charge >= 0.3 is 0 Å². The van der Waals surface area contributed by atoms with E-state index in [1.807, 2.05) is 17.0 Å². The van der Waals surface area contributed by atoms with Crippen molar-refractivity contribution in [2.75, 3.05) is 13.1 Å². The molecule has 0 spiro atoms. The number of carbonyl (C=O) groups excluding carboxylic acids is 2. The van der Waals surface area contributed by atoms with Crippen molar-refractivity contribution < 1.29 is 9.59 Å². The Hall–Kier alpha value is -1.92. The number of hydrogen-bond acceptors (Lipinski definition) is 4. The van der Waals surface area contributed by atoms with Crippen LogP contribution in [0.25, 0.3) is 0 Å². The highest BCUT2D eigenvalue weighted by Gasteiger charge is 2.45. The summed E-state index contributed by atoms with van der Waals surface area (Å²) in [6.45, 7) is 5.56. The topological polar surface area (TPSA) is 66.6 Å². The Bertz CT molecular complexity index is 1080. The van der Waals surface area contributed by atoms with E-state index in [1.54, 1.807) is 12.1 Å². The first-order valence-corrected chi connectivity index (χ1v) is 14.3. The fraction of sp³-hybridized carbons (Fsp3) is 0.533. The SMILES string of the molecule is CC(C)C[C@H](C(=O)CCc1ccc(Cl)cc1Cl)N1CCC(CCc2ccccc2)N2C[C@H](N)C[C@H]2C1=O. The molecule has 0 aromatic heterocycles. The normalized spacial score (nSPS) is 23.2. The maximum Gasteiger partial charge on any atom is 0.240 e. The first-order chi connectivity index (χ1) is 17.7. The lowest BCUT2D eigenvalue weighted by Gasteiger charge is -2.33. The van der Waals surface area contributed by atoms with Crippen LogP contribution in [0.1, 0.15) is 57.1 Å². The van der Waals surface area contributed by atoms with E-state index in [-0.39, 0.29) is 29.8 Å². The summed E-state index contributed by atoms with van der Waals surface area (Å²) >= 11 is 12.4. The van der Waals surface area contributed by atoms with Gasteiger partial charge in [0.2, 0.25) is 5.91 Å². The second kappa shape index (κ2) is 12.8. The van der Waals surface area contributed by atoms with Gasteiger partial charge in [0.25, 0.3) is 0 Å². The molecule has 2 aromatic carbocycles. The number of hydrogen-bond donors (Lipinski definition) is 1. The number of ketones is 1. The lowest BCUT2D eigenvalue weighted by atomic mass is 9.94. The first kappa shape index (κ1) is 28.1. The van der Waals surface area contributed by atoms with E-state index in [0.717, 1.165) is 31.4 Å². The lowest BCUT2D eigenvalue weighted by Crippen LogP contribution is -2.51. The molecule has 5 nitrogen and oxygen atoms in total. The number of halogens is 2. The number of fused-ring (bicyclic) bond motifs is 1. The molecule has 2 saturated heterocycles. The minimum atomic E-state index is -0.426. The molecule has 37 heavy (non-hydrogen) atoms. The average molecular weight is 545 g/mol. The minimum absolute atomic E-state index is 0.0144. The molecule has 4 atom stereocenters. The maximum absolute atomic E-state index is 13.9. The van der Waals surface area contributed by atoms with E-state index in [9.17, 15) is 9.59 Å². The van der Waals surface area contributed by atoms with E-state index in [0.29, 0.717) is 48.2 Å². The number of amides is 1. The molecule has 4 rings (SSSR count). The van der Waals surface area contributed by atoms with Gasteiger partial charge in [-0.15, -0.1) is 0 Å². The first-order valence-electron chi connectivity index (χ1n) is 13.5. The Labute approximate surface area is 231 Å². The Morgan fingerprint density at radius 3 is 2.57 bits per heavy atom. The van der Waals surface area contributed by atoms with E-state index >= 15 is 0 Å². The van der Waals surface area contributed by atoms with Gasteiger partial charge in [-0.05, 0) is 67.7 Å². The van der Waals surface area contributed by atoms with Gasteiger partial charge in [-0.25, -0.2) is 0 Å². The Morgan fingerprint density at radius 2 is 1.86 bits per heavy atom. The Balaban J connectivity index is 1.50. The summed E-state index contributed by atoms with van der Waals surface area (Å²) in [7, 11) is 0. The number of Topliss-reactive ketones (excluding diaryl/α,β-unsaturated/α-hetero) is 1. The molecular weight excluding hydrogens is 505 g/mol.